The molecule has 7 heteroatoms. The first-order valence-electron chi connectivity index (χ1n) is 6.97. The highest BCUT2D eigenvalue weighted by molar-refractivity contribution is 7.91. The van der Waals surface area contributed by atoms with Gasteiger partial charge in [-0.25, -0.2) is 13.2 Å². The molecule has 2 amide bonds. The van der Waals surface area contributed by atoms with Crippen molar-refractivity contribution in [2.24, 2.45) is 5.92 Å². The topological polar surface area (TPSA) is 84.5 Å². The highest BCUT2D eigenvalue weighted by atomic mass is 32.2. The Balaban J connectivity index is 1.85. The molecule has 1 atom stereocenters. The van der Waals surface area contributed by atoms with Crippen LogP contribution in [0.25, 0.3) is 0 Å². The maximum atomic E-state index is 11.9. The minimum Gasteiger partial charge on any atom is -0.492 e. The lowest BCUT2D eigenvalue weighted by atomic mass is 10.1. The van der Waals surface area contributed by atoms with Crippen LogP contribution in [0.3, 0.4) is 0 Å². The predicted octanol–water partition coefficient (Wildman–Crippen LogP) is 1.64. The lowest BCUT2D eigenvalue weighted by Gasteiger charge is -2.13. The molecule has 1 aromatic carbocycles. The van der Waals surface area contributed by atoms with Gasteiger partial charge in [-0.2, -0.15) is 0 Å². The normalized spacial score (nSPS) is 20.0. The minimum absolute atomic E-state index is 0.00267. The van der Waals surface area contributed by atoms with Gasteiger partial charge in [0.05, 0.1) is 23.8 Å². The number of anilines is 1. The Morgan fingerprint density at radius 3 is 2.81 bits per heavy atom. The van der Waals surface area contributed by atoms with Crippen LogP contribution in [0.1, 0.15) is 13.3 Å². The van der Waals surface area contributed by atoms with Crippen molar-refractivity contribution in [1.29, 1.82) is 0 Å². The molecule has 1 aliphatic heterocycles. The second-order valence-corrected chi connectivity index (χ2v) is 7.26. The molecule has 2 rings (SSSR count). The first-order valence-corrected chi connectivity index (χ1v) is 8.79. The third kappa shape index (κ3) is 4.63. The number of ether oxygens (including phenoxy) is 1. The van der Waals surface area contributed by atoms with Crippen molar-refractivity contribution in [3.05, 3.63) is 24.3 Å². The Hall–Kier alpha value is -1.76. The fourth-order valence-corrected chi connectivity index (χ4v) is 4.15. The van der Waals surface area contributed by atoms with Crippen molar-refractivity contribution >= 4 is 21.6 Å². The summed E-state index contributed by atoms with van der Waals surface area (Å²) in [6.07, 6.45) is 0.609. The van der Waals surface area contributed by atoms with E-state index in [1.54, 1.807) is 12.1 Å². The average molecular weight is 312 g/mol. The quantitative estimate of drug-likeness (QED) is 0.865. The van der Waals surface area contributed by atoms with Gasteiger partial charge in [-0.3, -0.25) is 0 Å². The fourth-order valence-electron chi connectivity index (χ4n) is 2.29. The molecular weight excluding hydrogens is 292 g/mol. The number of rotatable bonds is 5. The van der Waals surface area contributed by atoms with Crippen LogP contribution in [0.15, 0.2) is 24.3 Å². The summed E-state index contributed by atoms with van der Waals surface area (Å²) in [7, 11) is -2.91. The summed E-state index contributed by atoms with van der Waals surface area (Å²) in [4.78, 5) is 11.9. The van der Waals surface area contributed by atoms with Crippen LogP contribution in [-0.4, -0.2) is 39.1 Å². The van der Waals surface area contributed by atoms with Crippen LogP contribution in [-0.2, 0) is 9.84 Å². The van der Waals surface area contributed by atoms with Crippen LogP contribution in [0.5, 0.6) is 5.75 Å². The van der Waals surface area contributed by atoms with Crippen LogP contribution in [0, 0.1) is 5.92 Å². The Morgan fingerprint density at radius 1 is 1.38 bits per heavy atom. The van der Waals surface area contributed by atoms with Crippen molar-refractivity contribution in [2.45, 2.75) is 13.3 Å². The predicted molar refractivity (Wildman–Crippen MR) is 81.4 cm³/mol. The number of carbonyl (C=O) groups is 1. The fraction of sp³-hybridized carbons (Fsp3) is 0.500. The van der Waals surface area contributed by atoms with Crippen molar-refractivity contribution in [1.82, 2.24) is 5.32 Å². The molecular formula is C14H20N2O4S. The maximum absolute atomic E-state index is 11.9. The van der Waals surface area contributed by atoms with Gasteiger partial charge in [-0.15, -0.1) is 0 Å². The number of nitrogens with one attached hydrogen (secondary N) is 2. The second kappa shape index (κ2) is 6.80. The third-order valence-electron chi connectivity index (χ3n) is 3.31. The maximum Gasteiger partial charge on any atom is 0.319 e. The van der Waals surface area contributed by atoms with E-state index in [1.807, 2.05) is 19.1 Å². The van der Waals surface area contributed by atoms with Crippen molar-refractivity contribution < 1.29 is 17.9 Å². The molecule has 2 N–H and O–H groups in total. The number of sulfone groups is 1. The zero-order chi connectivity index (χ0) is 15.3. The lowest BCUT2D eigenvalue weighted by Crippen LogP contribution is -2.33. The lowest BCUT2D eigenvalue weighted by molar-refractivity contribution is 0.250. The van der Waals surface area contributed by atoms with E-state index in [1.165, 1.54) is 0 Å². The smallest absolute Gasteiger partial charge is 0.319 e. The van der Waals surface area contributed by atoms with Crippen LogP contribution < -0.4 is 15.4 Å². The molecule has 0 spiro atoms. The van der Waals surface area contributed by atoms with Crippen molar-refractivity contribution in [2.75, 3.05) is 30.0 Å². The van der Waals surface area contributed by atoms with E-state index < -0.39 is 9.84 Å². The molecule has 0 unspecified atom stereocenters. The summed E-state index contributed by atoms with van der Waals surface area (Å²) in [6, 6.07) is 6.82. The van der Waals surface area contributed by atoms with E-state index in [-0.39, 0.29) is 23.5 Å². The molecule has 1 saturated heterocycles. The summed E-state index contributed by atoms with van der Waals surface area (Å²) in [5.74, 6) is 0.984. The minimum atomic E-state index is -2.91. The number of benzene rings is 1. The molecule has 1 aromatic rings. The van der Waals surface area contributed by atoms with E-state index in [9.17, 15) is 13.2 Å². The first kappa shape index (κ1) is 15.6. The summed E-state index contributed by atoms with van der Waals surface area (Å²) < 4.78 is 28.1. The average Bonchev–Trinajstić information content (AvgIpc) is 2.79. The standard InChI is InChI=1S/C14H20N2O4S/c1-2-20-13-6-4-3-5-12(13)16-14(17)15-9-11-7-8-21(18,19)10-11/h3-6,11H,2,7-10H2,1H3,(H2,15,16,17)/t11-/m1/s1. The van der Waals surface area contributed by atoms with Gasteiger partial charge in [-0.05, 0) is 31.4 Å². The van der Waals surface area contributed by atoms with E-state index >= 15 is 0 Å². The summed E-state index contributed by atoms with van der Waals surface area (Å²) in [6.45, 7) is 2.75. The molecule has 1 fully saturated rings. The Morgan fingerprint density at radius 2 is 2.14 bits per heavy atom. The molecule has 1 heterocycles. The second-order valence-electron chi connectivity index (χ2n) is 5.03. The highest BCUT2D eigenvalue weighted by Crippen LogP contribution is 2.23. The van der Waals surface area contributed by atoms with Gasteiger partial charge in [0.25, 0.3) is 0 Å². The molecule has 0 bridgehead atoms. The molecule has 0 aromatic heterocycles. The Labute approximate surface area is 124 Å². The number of para-hydroxylation sites is 2. The highest BCUT2D eigenvalue weighted by Gasteiger charge is 2.27. The van der Waals surface area contributed by atoms with Gasteiger partial charge in [-0.1, -0.05) is 12.1 Å². The molecule has 0 aliphatic carbocycles. The third-order valence-corrected chi connectivity index (χ3v) is 5.15. The van der Waals surface area contributed by atoms with Crippen molar-refractivity contribution in [3.63, 3.8) is 0 Å². The number of carbonyl (C=O) groups excluding carboxylic acids is 1. The van der Waals surface area contributed by atoms with E-state index in [0.29, 0.717) is 31.0 Å². The van der Waals surface area contributed by atoms with Gasteiger partial charge in [0.15, 0.2) is 9.84 Å². The summed E-state index contributed by atoms with van der Waals surface area (Å²) in [5, 5.41) is 5.43. The monoisotopic (exact) mass is 312 g/mol. The SMILES string of the molecule is CCOc1ccccc1NC(=O)NC[C@H]1CCS(=O)(=O)C1. The van der Waals surface area contributed by atoms with Gasteiger partial charge in [0, 0.05) is 6.54 Å². The largest absolute Gasteiger partial charge is 0.492 e. The molecule has 116 valence electrons. The zero-order valence-corrected chi connectivity index (χ0v) is 12.8. The number of hydrogen-bond acceptors (Lipinski definition) is 4. The Kier molecular flexibility index (Phi) is 5.06. The van der Waals surface area contributed by atoms with Crippen LogP contribution in [0.2, 0.25) is 0 Å². The van der Waals surface area contributed by atoms with Crippen LogP contribution >= 0.6 is 0 Å². The van der Waals surface area contributed by atoms with E-state index in [0.717, 1.165) is 0 Å². The summed E-state index contributed by atoms with van der Waals surface area (Å²) in [5.41, 5.74) is 0.593. The molecule has 6 nitrogen and oxygen atoms in total. The Bertz CT molecular complexity index is 601. The molecule has 0 saturated carbocycles. The zero-order valence-electron chi connectivity index (χ0n) is 12.0. The molecule has 1 aliphatic rings. The van der Waals surface area contributed by atoms with E-state index in [2.05, 4.69) is 10.6 Å². The number of urea groups is 1. The van der Waals surface area contributed by atoms with Gasteiger partial charge in [0.2, 0.25) is 0 Å². The summed E-state index contributed by atoms with van der Waals surface area (Å²) >= 11 is 0. The van der Waals surface area contributed by atoms with Gasteiger partial charge >= 0.3 is 6.03 Å². The van der Waals surface area contributed by atoms with Gasteiger partial charge in [0.1, 0.15) is 5.75 Å². The van der Waals surface area contributed by atoms with E-state index in [4.69, 9.17) is 4.74 Å². The first-order chi connectivity index (χ1) is 10.00. The number of amides is 2. The van der Waals surface area contributed by atoms with Crippen molar-refractivity contribution in [3.8, 4) is 5.75 Å². The van der Waals surface area contributed by atoms with Gasteiger partial charge < -0.3 is 15.4 Å². The number of hydrogen-bond donors (Lipinski definition) is 2. The molecule has 21 heavy (non-hydrogen) atoms. The molecule has 0 radical (unpaired) electrons. The van der Waals surface area contributed by atoms with Crippen LogP contribution in [0.4, 0.5) is 10.5 Å².